The highest BCUT2D eigenvalue weighted by Gasteiger charge is 2.22. The van der Waals surface area contributed by atoms with Gasteiger partial charge in [0.05, 0.1) is 4.90 Å². The van der Waals surface area contributed by atoms with E-state index < -0.39 is 13.8 Å². The van der Waals surface area contributed by atoms with E-state index in [-0.39, 0.29) is 4.90 Å². The first-order chi connectivity index (χ1) is 6.21. The lowest BCUT2D eigenvalue weighted by atomic mass is 10.2. The van der Waals surface area contributed by atoms with Gasteiger partial charge in [-0.3, -0.25) is 0 Å². The van der Waals surface area contributed by atoms with E-state index in [1.165, 1.54) is 24.3 Å². The standard InChI is InChI=1S/C7H6Cl3NO2S/c8-7(9,10)5-1-3-6(4-2-5)14(11,12)13/h1-4H,(H2,11,12,13). The lowest BCUT2D eigenvalue weighted by molar-refractivity contribution is 0.598. The van der Waals surface area contributed by atoms with Gasteiger partial charge in [0, 0.05) is 5.56 Å². The smallest absolute Gasteiger partial charge is 0.225 e. The Labute approximate surface area is 96.8 Å². The van der Waals surface area contributed by atoms with Crippen LogP contribution < -0.4 is 5.14 Å². The van der Waals surface area contributed by atoms with Gasteiger partial charge in [0.1, 0.15) is 0 Å². The van der Waals surface area contributed by atoms with Crippen LogP contribution in [0.5, 0.6) is 0 Å². The van der Waals surface area contributed by atoms with Gasteiger partial charge in [0.2, 0.25) is 13.8 Å². The maximum atomic E-state index is 10.9. The SMILES string of the molecule is NS(=O)(=O)c1ccc(C(Cl)(Cl)Cl)cc1. The summed E-state index contributed by atoms with van der Waals surface area (Å²) in [6, 6.07) is 5.36. The summed E-state index contributed by atoms with van der Waals surface area (Å²) in [7, 11) is -3.69. The molecule has 0 amide bonds. The Bertz CT molecular complexity index is 421. The van der Waals surface area contributed by atoms with Gasteiger partial charge in [-0.2, -0.15) is 0 Å². The number of nitrogens with two attached hydrogens (primary N) is 1. The molecular weight excluding hydrogens is 269 g/mol. The Morgan fingerprint density at radius 1 is 1.07 bits per heavy atom. The third-order valence-electron chi connectivity index (χ3n) is 1.51. The second kappa shape index (κ2) is 3.87. The van der Waals surface area contributed by atoms with Crippen LogP contribution >= 0.6 is 34.8 Å². The summed E-state index contributed by atoms with van der Waals surface area (Å²) in [4.78, 5) is -0.0181. The average molecular weight is 275 g/mol. The van der Waals surface area contributed by atoms with Crippen molar-refractivity contribution in [3.8, 4) is 0 Å². The van der Waals surface area contributed by atoms with Crippen LogP contribution in [0, 0.1) is 0 Å². The highest BCUT2D eigenvalue weighted by Crippen LogP contribution is 2.38. The van der Waals surface area contributed by atoms with E-state index in [2.05, 4.69) is 0 Å². The van der Waals surface area contributed by atoms with E-state index in [1.807, 2.05) is 0 Å². The summed E-state index contributed by atoms with van der Waals surface area (Å²) in [5.41, 5.74) is 0.384. The van der Waals surface area contributed by atoms with Gasteiger partial charge in [-0.25, -0.2) is 13.6 Å². The maximum absolute atomic E-state index is 10.9. The van der Waals surface area contributed by atoms with Gasteiger partial charge in [-0.1, -0.05) is 46.9 Å². The van der Waals surface area contributed by atoms with Crippen LogP contribution in [-0.4, -0.2) is 8.42 Å². The number of hydrogen-bond acceptors (Lipinski definition) is 2. The van der Waals surface area contributed by atoms with Crippen LogP contribution in [0.1, 0.15) is 5.56 Å². The predicted octanol–water partition coefficient (Wildman–Crippen LogP) is 2.16. The summed E-state index contributed by atoms with van der Waals surface area (Å²) >= 11 is 16.7. The zero-order chi connectivity index (χ0) is 11.0. The van der Waals surface area contributed by atoms with Gasteiger partial charge >= 0.3 is 0 Å². The molecule has 0 atom stereocenters. The molecule has 14 heavy (non-hydrogen) atoms. The maximum Gasteiger partial charge on any atom is 0.238 e. The molecule has 0 aromatic heterocycles. The highest BCUT2D eigenvalue weighted by atomic mass is 35.6. The Balaban J connectivity index is 3.14. The molecule has 0 radical (unpaired) electrons. The molecule has 0 heterocycles. The minimum atomic E-state index is -3.69. The predicted molar refractivity (Wildman–Crippen MR) is 57.1 cm³/mol. The van der Waals surface area contributed by atoms with E-state index in [0.29, 0.717) is 5.56 Å². The van der Waals surface area contributed by atoms with Gasteiger partial charge < -0.3 is 0 Å². The first-order valence-electron chi connectivity index (χ1n) is 3.41. The number of halogens is 3. The molecular formula is C7H6Cl3NO2S. The van der Waals surface area contributed by atoms with E-state index in [1.54, 1.807) is 0 Å². The zero-order valence-electron chi connectivity index (χ0n) is 6.75. The number of primary sulfonamides is 1. The Hall–Kier alpha value is -0.000000000000000167. The molecule has 0 aliphatic rings. The van der Waals surface area contributed by atoms with Crippen molar-refractivity contribution in [2.75, 3.05) is 0 Å². The number of rotatable bonds is 1. The third-order valence-corrected chi connectivity index (χ3v) is 3.09. The Kier molecular flexibility index (Phi) is 3.33. The zero-order valence-corrected chi connectivity index (χ0v) is 9.83. The molecule has 1 aromatic rings. The molecule has 78 valence electrons. The lowest BCUT2D eigenvalue weighted by Crippen LogP contribution is -2.12. The summed E-state index contributed by atoms with van der Waals surface area (Å²) in [6.07, 6.45) is 0. The summed E-state index contributed by atoms with van der Waals surface area (Å²) < 4.78 is 20.2. The molecule has 7 heteroatoms. The quantitative estimate of drug-likeness (QED) is 0.798. The molecule has 0 bridgehead atoms. The van der Waals surface area contributed by atoms with Crippen LogP contribution in [0.25, 0.3) is 0 Å². The fourth-order valence-electron chi connectivity index (χ4n) is 0.834. The van der Waals surface area contributed by atoms with Crippen LogP contribution in [0.15, 0.2) is 29.2 Å². The minimum absolute atomic E-state index is 0.0181. The molecule has 2 N–H and O–H groups in total. The van der Waals surface area contributed by atoms with Crippen molar-refractivity contribution in [2.45, 2.75) is 8.69 Å². The summed E-state index contributed by atoms with van der Waals surface area (Å²) in [6.45, 7) is 0. The van der Waals surface area contributed by atoms with E-state index in [4.69, 9.17) is 39.9 Å². The van der Waals surface area contributed by atoms with Crippen molar-refractivity contribution in [3.63, 3.8) is 0 Å². The Morgan fingerprint density at radius 2 is 1.50 bits per heavy atom. The first-order valence-corrected chi connectivity index (χ1v) is 6.09. The number of hydrogen-bond donors (Lipinski definition) is 1. The topological polar surface area (TPSA) is 60.2 Å². The molecule has 0 aliphatic heterocycles. The largest absolute Gasteiger partial charge is 0.238 e. The molecule has 0 saturated heterocycles. The molecule has 0 saturated carbocycles. The molecule has 1 aromatic carbocycles. The molecule has 0 fully saturated rings. The lowest BCUT2D eigenvalue weighted by Gasteiger charge is -2.10. The Morgan fingerprint density at radius 3 is 1.79 bits per heavy atom. The fraction of sp³-hybridized carbons (Fsp3) is 0.143. The summed E-state index contributed by atoms with van der Waals surface area (Å²) in [5.74, 6) is 0. The number of sulfonamides is 1. The van der Waals surface area contributed by atoms with Crippen molar-refractivity contribution < 1.29 is 8.42 Å². The van der Waals surface area contributed by atoms with Crippen LogP contribution in [0.4, 0.5) is 0 Å². The second-order valence-electron chi connectivity index (χ2n) is 2.57. The van der Waals surface area contributed by atoms with Crippen molar-refractivity contribution in [1.29, 1.82) is 0 Å². The van der Waals surface area contributed by atoms with E-state index in [0.717, 1.165) is 0 Å². The van der Waals surface area contributed by atoms with Crippen LogP contribution in [0.3, 0.4) is 0 Å². The van der Waals surface area contributed by atoms with Crippen molar-refractivity contribution in [3.05, 3.63) is 29.8 Å². The van der Waals surface area contributed by atoms with Gasteiger partial charge in [-0.05, 0) is 12.1 Å². The normalized spacial score (nSPS) is 12.9. The van der Waals surface area contributed by atoms with Crippen molar-refractivity contribution in [2.24, 2.45) is 5.14 Å². The molecule has 1 rings (SSSR count). The van der Waals surface area contributed by atoms with Gasteiger partial charge in [0.15, 0.2) is 0 Å². The molecule has 3 nitrogen and oxygen atoms in total. The number of benzene rings is 1. The van der Waals surface area contributed by atoms with Gasteiger partial charge in [-0.15, -0.1) is 0 Å². The molecule has 0 aliphatic carbocycles. The van der Waals surface area contributed by atoms with E-state index in [9.17, 15) is 8.42 Å². The van der Waals surface area contributed by atoms with Crippen LogP contribution in [0.2, 0.25) is 0 Å². The van der Waals surface area contributed by atoms with E-state index >= 15 is 0 Å². The van der Waals surface area contributed by atoms with Crippen LogP contribution in [-0.2, 0) is 13.8 Å². The van der Waals surface area contributed by atoms with Gasteiger partial charge in [0.25, 0.3) is 0 Å². The third kappa shape index (κ3) is 3.00. The second-order valence-corrected chi connectivity index (χ2v) is 6.41. The highest BCUT2D eigenvalue weighted by molar-refractivity contribution is 7.89. The molecule has 0 spiro atoms. The fourth-order valence-corrected chi connectivity index (χ4v) is 1.73. The monoisotopic (exact) mass is 273 g/mol. The van der Waals surface area contributed by atoms with Crippen molar-refractivity contribution in [1.82, 2.24) is 0 Å². The first kappa shape index (κ1) is 12.1. The average Bonchev–Trinajstić information content (AvgIpc) is 2.01. The summed E-state index contributed by atoms with van der Waals surface area (Å²) in [5, 5.41) is 4.89. The number of alkyl halides is 3. The minimum Gasteiger partial charge on any atom is -0.225 e. The van der Waals surface area contributed by atoms with Crippen molar-refractivity contribution >= 4 is 44.8 Å². The molecule has 0 unspecified atom stereocenters.